The van der Waals surface area contributed by atoms with E-state index in [1.54, 1.807) is 25.1 Å². The van der Waals surface area contributed by atoms with Gasteiger partial charge in [-0.3, -0.25) is 4.79 Å². The van der Waals surface area contributed by atoms with E-state index in [9.17, 15) is 18.0 Å². The Morgan fingerprint density at radius 1 is 1.22 bits per heavy atom. The van der Waals surface area contributed by atoms with Crippen LogP contribution in [-0.2, 0) is 11.0 Å². The topological polar surface area (TPSA) is 38.3 Å². The maximum atomic E-state index is 12.6. The van der Waals surface area contributed by atoms with Crippen LogP contribution in [0.2, 0.25) is 5.02 Å². The van der Waals surface area contributed by atoms with E-state index >= 15 is 0 Å². The summed E-state index contributed by atoms with van der Waals surface area (Å²) in [5, 5.41) is 3.06. The Labute approximate surface area is 136 Å². The molecule has 2 aromatic carbocycles. The summed E-state index contributed by atoms with van der Waals surface area (Å²) in [5.41, 5.74) is 0.498. The molecule has 0 aliphatic rings. The van der Waals surface area contributed by atoms with Gasteiger partial charge in [0.1, 0.15) is 5.75 Å². The fraction of sp³-hybridized carbons (Fsp3) is 0.188. The number of anilines is 1. The Kier molecular flexibility index (Phi) is 5.15. The fourth-order valence-electron chi connectivity index (χ4n) is 1.83. The van der Waals surface area contributed by atoms with Crippen molar-refractivity contribution in [3.8, 4) is 5.75 Å². The van der Waals surface area contributed by atoms with Crippen molar-refractivity contribution in [1.82, 2.24) is 0 Å². The molecule has 0 aromatic heterocycles. The molecule has 0 radical (unpaired) electrons. The largest absolute Gasteiger partial charge is 0.484 e. The van der Waals surface area contributed by atoms with Crippen LogP contribution in [0.3, 0.4) is 0 Å². The zero-order valence-corrected chi connectivity index (χ0v) is 12.8. The van der Waals surface area contributed by atoms with Crippen LogP contribution in [0, 0.1) is 6.92 Å². The normalized spacial score (nSPS) is 11.2. The van der Waals surface area contributed by atoms with Crippen LogP contribution in [0.4, 0.5) is 18.9 Å². The maximum absolute atomic E-state index is 12.6. The average Bonchev–Trinajstić information content (AvgIpc) is 2.48. The minimum absolute atomic E-state index is 0.0298. The molecule has 0 saturated carbocycles. The zero-order valence-electron chi connectivity index (χ0n) is 12.1. The molecule has 2 aromatic rings. The summed E-state index contributed by atoms with van der Waals surface area (Å²) in [4.78, 5) is 11.8. The second-order valence-electron chi connectivity index (χ2n) is 4.82. The van der Waals surface area contributed by atoms with E-state index in [1.165, 1.54) is 12.1 Å². The minimum atomic E-state index is -4.46. The van der Waals surface area contributed by atoms with Gasteiger partial charge in [0, 0.05) is 10.7 Å². The van der Waals surface area contributed by atoms with Crippen LogP contribution >= 0.6 is 11.6 Å². The van der Waals surface area contributed by atoms with Gasteiger partial charge in [-0.05, 0) is 42.8 Å². The van der Waals surface area contributed by atoms with Crippen LogP contribution in [0.25, 0.3) is 0 Å². The quantitative estimate of drug-likeness (QED) is 0.875. The lowest BCUT2D eigenvalue weighted by molar-refractivity contribution is -0.137. The number of hydrogen-bond acceptors (Lipinski definition) is 2. The lowest BCUT2D eigenvalue weighted by atomic mass is 10.2. The molecule has 1 amide bonds. The summed E-state index contributed by atoms with van der Waals surface area (Å²) in [6.07, 6.45) is -4.46. The predicted octanol–water partition coefficient (Wildman–Crippen LogP) is 4.68. The number of hydrogen-bond donors (Lipinski definition) is 1. The number of carbonyl (C=O) groups excluding carboxylic acids is 1. The number of carbonyl (C=O) groups is 1. The molecule has 23 heavy (non-hydrogen) atoms. The van der Waals surface area contributed by atoms with Gasteiger partial charge >= 0.3 is 6.18 Å². The summed E-state index contributed by atoms with van der Waals surface area (Å²) in [5.74, 6) is -0.523. The summed E-state index contributed by atoms with van der Waals surface area (Å²) < 4.78 is 42.9. The first-order chi connectivity index (χ1) is 10.8. The second kappa shape index (κ2) is 6.91. The molecular formula is C16H13ClF3NO2. The van der Waals surface area contributed by atoms with Gasteiger partial charge < -0.3 is 10.1 Å². The molecule has 0 heterocycles. The first-order valence-corrected chi connectivity index (χ1v) is 6.99. The van der Waals surface area contributed by atoms with Crippen LogP contribution in [0.1, 0.15) is 11.1 Å². The van der Waals surface area contributed by atoms with Gasteiger partial charge in [-0.1, -0.05) is 23.7 Å². The van der Waals surface area contributed by atoms with Crippen molar-refractivity contribution >= 4 is 23.2 Å². The highest BCUT2D eigenvalue weighted by Crippen LogP contribution is 2.31. The smallest absolute Gasteiger partial charge is 0.416 e. The molecule has 1 N–H and O–H groups in total. The molecule has 0 aliphatic heterocycles. The van der Waals surface area contributed by atoms with Crippen molar-refractivity contribution in [2.45, 2.75) is 13.1 Å². The number of alkyl halides is 3. The Hall–Kier alpha value is -2.21. The number of nitrogens with one attached hydrogen (secondary N) is 1. The minimum Gasteiger partial charge on any atom is -0.484 e. The van der Waals surface area contributed by atoms with E-state index < -0.39 is 24.3 Å². The molecule has 0 atom stereocenters. The van der Waals surface area contributed by atoms with E-state index in [2.05, 4.69) is 5.32 Å². The van der Waals surface area contributed by atoms with Gasteiger partial charge in [-0.15, -0.1) is 0 Å². The molecule has 0 fully saturated rings. The SMILES string of the molecule is Cc1ccc(Cl)cc1NC(=O)COc1cccc(C(F)(F)F)c1. The van der Waals surface area contributed by atoms with Gasteiger partial charge in [0.05, 0.1) is 5.56 Å². The molecule has 122 valence electrons. The van der Waals surface area contributed by atoms with Gasteiger partial charge in [0.2, 0.25) is 0 Å². The number of rotatable bonds is 4. The van der Waals surface area contributed by atoms with Crippen LogP contribution in [-0.4, -0.2) is 12.5 Å². The third-order valence-electron chi connectivity index (χ3n) is 3.00. The van der Waals surface area contributed by atoms with Crippen molar-refractivity contribution < 1.29 is 22.7 Å². The number of aryl methyl sites for hydroxylation is 1. The zero-order chi connectivity index (χ0) is 17.0. The van der Waals surface area contributed by atoms with E-state index in [0.717, 1.165) is 17.7 Å². The van der Waals surface area contributed by atoms with Gasteiger partial charge in [-0.25, -0.2) is 0 Å². The van der Waals surface area contributed by atoms with Gasteiger partial charge in [0.15, 0.2) is 6.61 Å². The number of halogens is 4. The van der Waals surface area contributed by atoms with Crippen molar-refractivity contribution in [2.75, 3.05) is 11.9 Å². The Balaban J connectivity index is 1.98. The predicted molar refractivity (Wildman–Crippen MR) is 81.8 cm³/mol. The molecule has 0 unspecified atom stereocenters. The molecule has 0 aliphatic carbocycles. The van der Waals surface area contributed by atoms with Crippen LogP contribution in [0.5, 0.6) is 5.75 Å². The van der Waals surface area contributed by atoms with Crippen LogP contribution in [0.15, 0.2) is 42.5 Å². The molecule has 0 spiro atoms. The average molecular weight is 344 g/mol. The third kappa shape index (κ3) is 4.89. The van der Waals surface area contributed by atoms with Crippen molar-refractivity contribution in [2.24, 2.45) is 0 Å². The highest BCUT2D eigenvalue weighted by Gasteiger charge is 2.30. The third-order valence-corrected chi connectivity index (χ3v) is 3.24. The molecule has 2 rings (SSSR count). The second-order valence-corrected chi connectivity index (χ2v) is 5.26. The summed E-state index contributed by atoms with van der Waals surface area (Å²) in [6, 6.07) is 9.36. The standard InChI is InChI=1S/C16H13ClF3NO2/c1-10-5-6-12(17)8-14(10)21-15(22)9-23-13-4-2-3-11(7-13)16(18,19)20/h2-8H,9H2,1H3,(H,21,22). The Morgan fingerprint density at radius 3 is 2.65 bits per heavy atom. The number of benzene rings is 2. The van der Waals surface area contributed by atoms with Crippen molar-refractivity contribution in [3.63, 3.8) is 0 Å². The van der Waals surface area contributed by atoms with E-state index in [1.807, 2.05) is 0 Å². The highest BCUT2D eigenvalue weighted by atomic mass is 35.5. The van der Waals surface area contributed by atoms with E-state index in [-0.39, 0.29) is 5.75 Å². The summed E-state index contributed by atoms with van der Waals surface area (Å²) >= 11 is 5.84. The fourth-order valence-corrected chi connectivity index (χ4v) is 2.00. The first kappa shape index (κ1) is 17.1. The first-order valence-electron chi connectivity index (χ1n) is 6.62. The molecule has 3 nitrogen and oxygen atoms in total. The molecular weight excluding hydrogens is 331 g/mol. The Morgan fingerprint density at radius 2 is 1.96 bits per heavy atom. The van der Waals surface area contributed by atoms with Crippen molar-refractivity contribution in [3.05, 3.63) is 58.6 Å². The molecule has 0 saturated heterocycles. The van der Waals surface area contributed by atoms with E-state index in [0.29, 0.717) is 10.7 Å². The van der Waals surface area contributed by atoms with Crippen molar-refractivity contribution in [1.29, 1.82) is 0 Å². The van der Waals surface area contributed by atoms with Crippen LogP contribution < -0.4 is 10.1 Å². The molecule has 0 bridgehead atoms. The molecule has 7 heteroatoms. The monoisotopic (exact) mass is 343 g/mol. The lowest BCUT2D eigenvalue weighted by Gasteiger charge is -2.11. The number of amides is 1. The van der Waals surface area contributed by atoms with Gasteiger partial charge in [0.25, 0.3) is 5.91 Å². The summed E-state index contributed by atoms with van der Waals surface area (Å²) in [7, 11) is 0. The highest BCUT2D eigenvalue weighted by molar-refractivity contribution is 6.31. The summed E-state index contributed by atoms with van der Waals surface area (Å²) in [6.45, 7) is 1.38. The maximum Gasteiger partial charge on any atom is 0.416 e. The lowest BCUT2D eigenvalue weighted by Crippen LogP contribution is -2.20. The number of ether oxygens (including phenoxy) is 1. The Bertz CT molecular complexity index is 717. The van der Waals surface area contributed by atoms with Gasteiger partial charge in [-0.2, -0.15) is 13.2 Å². The van der Waals surface area contributed by atoms with E-state index in [4.69, 9.17) is 16.3 Å².